The Morgan fingerprint density at radius 1 is 0.625 bits per heavy atom. The molecule has 0 aliphatic carbocycles. The molecule has 0 unspecified atom stereocenters. The van der Waals surface area contributed by atoms with Gasteiger partial charge in [-0.25, -0.2) is 0 Å². The minimum atomic E-state index is -1.61. The van der Waals surface area contributed by atoms with Crippen molar-refractivity contribution in [3.63, 3.8) is 0 Å². The fourth-order valence-electron chi connectivity index (χ4n) is 0. The third-order valence-electron chi connectivity index (χ3n) is 0. The van der Waals surface area contributed by atoms with E-state index in [0.717, 1.165) is 0 Å². The summed E-state index contributed by atoms with van der Waals surface area (Å²) in [6.07, 6.45) is 0. The van der Waals surface area contributed by atoms with E-state index >= 15 is 0 Å². The monoisotopic (exact) mass is 392 g/mol. The second kappa shape index (κ2) is 9.60. The van der Waals surface area contributed by atoms with Crippen LogP contribution in [0.4, 0.5) is 0 Å². The molecule has 7 heteroatoms. The lowest BCUT2D eigenvalue weighted by atomic mass is 11.8. The highest BCUT2D eigenvalue weighted by Gasteiger charge is 2.11. The van der Waals surface area contributed by atoms with Crippen molar-refractivity contribution in [3.05, 3.63) is 0 Å². The predicted molar refractivity (Wildman–Crippen MR) is 57.1 cm³/mol. The summed E-state index contributed by atoms with van der Waals surface area (Å²) in [6.45, 7) is 0. The van der Waals surface area contributed by atoms with Crippen LogP contribution in [0.1, 0.15) is 0 Å². The molecule has 0 fully saturated rings. The summed E-state index contributed by atoms with van der Waals surface area (Å²) in [6, 6.07) is 0. The molecule has 0 atom stereocenters. The number of hydrogen-bond donors (Lipinski definition) is 0. The van der Waals surface area contributed by atoms with Crippen LogP contribution in [0.25, 0.3) is 0 Å². The Balaban J connectivity index is -0.0000000267. The van der Waals surface area contributed by atoms with Crippen molar-refractivity contribution in [2.75, 3.05) is 0 Å². The fourth-order valence-corrected chi connectivity index (χ4v) is 0. The second-order valence-corrected chi connectivity index (χ2v) is 3.86. The molecule has 0 aromatic carbocycles. The summed E-state index contributed by atoms with van der Waals surface area (Å²) in [4.78, 5) is 0. The van der Waals surface area contributed by atoms with Crippen LogP contribution in [-0.4, -0.2) is 3.25 Å². The van der Waals surface area contributed by atoms with Gasteiger partial charge in [-0.3, -0.25) is 0 Å². The first-order valence-electron chi connectivity index (χ1n) is 0.756. The SMILES string of the molecule is Br.Br.Br.ClC(Cl)(Cl)Cl. The maximum Gasteiger partial charge on any atom is 0.266 e. The summed E-state index contributed by atoms with van der Waals surface area (Å²) >= 11 is 19.3. The average Bonchev–Trinajstić information content (AvgIpc) is 0.722. The molecule has 0 saturated heterocycles. The smallest absolute Gasteiger partial charge is 0.114 e. The number of alkyl halides is 4. The van der Waals surface area contributed by atoms with Gasteiger partial charge in [-0.1, -0.05) is 46.4 Å². The van der Waals surface area contributed by atoms with E-state index in [1.54, 1.807) is 0 Å². The van der Waals surface area contributed by atoms with Gasteiger partial charge in [0.2, 0.25) is 0 Å². The Kier molecular flexibility index (Phi) is 26.9. The molecule has 0 aromatic heterocycles. The Morgan fingerprint density at radius 2 is 0.625 bits per heavy atom. The van der Waals surface area contributed by atoms with Crippen molar-refractivity contribution < 1.29 is 0 Å². The lowest BCUT2D eigenvalue weighted by molar-refractivity contribution is 1.76. The molecule has 0 spiro atoms. The van der Waals surface area contributed by atoms with E-state index in [2.05, 4.69) is 0 Å². The van der Waals surface area contributed by atoms with Crippen LogP contribution in [0.2, 0.25) is 0 Å². The molecule has 0 amide bonds. The molecule has 0 aliphatic heterocycles. The Labute approximate surface area is 99.5 Å². The minimum Gasteiger partial charge on any atom is -0.114 e. The first kappa shape index (κ1) is 22.4. The van der Waals surface area contributed by atoms with E-state index in [1.807, 2.05) is 0 Å². The van der Waals surface area contributed by atoms with Gasteiger partial charge < -0.3 is 0 Å². The van der Waals surface area contributed by atoms with Crippen LogP contribution < -0.4 is 0 Å². The van der Waals surface area contributed by atoms with Crippen LogP contribution in [0.5, 0.6) is 0 Å². The van der Waals surface area contributed by atoms with Gasteiger partial charge in [0.05, 0.1) is 0 Å². The maximum atomic E-state index is 4.83. The van der Waals surface area contributed by atoms with E-state index in [1.165, 1.54) is 0 Å². The maximum absolute atomic E-state index is 4.83. The summed E-state index contributed by atoms with van der Waals surface area (Å²) in [5.41, 5.74) is 0. The van der Waals surface area contributed by atoms with Crippen LogP contribution in [0, 0.1) is 0 Å². The zero-order valence-corrected chi connectivity index (χ0v) is 11.4. The molecular weight excluding hydrogens is 394 g/mol. The zero-order valence-electron chi connectivity index (χ0n) is 3.24. The largest absolute Gasteiger partial charge is 0.266 e. The minimum absolute atomic E-state index is 0. The Hall–Kier alpha value is 2.60. The fraction of sp³-hybridized carbons (Fsp3) is 1.00. The highest BCUT2D eigenvalue weighted by Crippen LogP contribution is 2.29. The molecular formula is CH3Br3Cl4. The molecule has 56 valence electrons. The predicted octanol–water partition coefficient (Wildman–Crippen LogP) is 4.29. The number of halogens is 7. The molecule has 0 rings (SSSR count). The lowest BCUT2D eigenvalue weighted by Crippen LogP contribution is -1.81. The van der Waals surface area contributed by atoms with E-state index in [-0.39, 0.29) is 50.9 Å². The quantitative estimate of drug-likeness (QED) is 0.536. The van der Waals surface area contributed by atoms with Crippen molar-refractivity contribution in [1.82, 2.24) is 0 Å². The Morgan fingerprint density at radius 3 is 0.625 bits per heavy atom. The van der Waals surface area contributed by atoms with E-state index in [4.69, 9.17) is 46.4 Å². The summed E-state index contributed by atoms with van der Waals surface area (Å²) in [5.74, 6) is 0. The van der Waals surface area contributed by atoms with Crippen molar-refractivity contribution in [2.45, 2.75) is 3.25 Å². The van der Waals surface area contributed by atoms with Gasteiger partial charge in [0, 0.05) is 0 Å². The van der Waals surface area contributed by atoms with Crippen LogP contribution in [-0.2, 0) is 0 Å². The molecule has 0 aromatic rings. The second-order valence-electron chi connectivity index (χ2n) is 0.429. The summed E-state index contributed by atoms with van der Waals surface area (Å²) in [7, 11) is 0. The molecule has 0 saturated carbocycles. The van der Waals surface area contributed by atoms with Crippen LogP contribution in [0.3, 0.4) is 0 Å². The van der Waals surface area contributed by atoms with Crippen molar-refractivity contribution >= 4 is 97.3 Å². The molecule has 0 heterocycles. The molecule has 0 N–H and O–H groups in total. The van der Waals surface area contributed by atoms with Gasteiger partial charge in [-0.2, -0.15) is 0 Å². The average molecular weight is 397 g/mol. The van der Waals surface area contributed by atoms with Crippen LogP contribution >= 0.6 is 97.3 Å². The van der Waals surface area contributed by atoms with Gasteiger partial charge in [0.15, 0.2) is 0 Å². The molecule has 0 bridgehead atoms. The van der Waals surface area contributed by atoms with Gasteiger partial charge >= 0.3 is 0 Å². The summed E-state index contributed by atoms with van der Waals surface area (Å²) in [5, 5.41) is 0. The number of rotatable bonds is 0. The number of hydrogen-bond acceptors (Lipinski definition) is 0. The lowest BCUT2D eigenvalue weighted by Gasteiger charge is -1.91. The molecule has 0 radical (unpaired) electrons. The highest BCUT2D eigenvalue weighted by atomic mass is 79.9. The van der Waals surface area contributed by atoms with Gasteiger partial charge in [-0.05, 0) is 0 Å². The summed E-state index contributed by atoms with van der Waals surface area (Å²) < 4.78 is -1.61. The molecule has 8 heavy (non-hydrogen) atoms. The van der Waals surface area contributed by atoms with E-state index < -0.39 is 3.25 Å². The van der Waals surface area contributed by atoms with Crippen molar-refractivity contribution in [3.8, 4) is 0 Å². The van der Waals surface area contributed by atoms with Gasteiger partial charge in [-0.15, -0.1) is 50.9 Å². The normalized spacial score (nSPS) is 7.50. The zero-order chi connectivity index (χ0) is 4.50. The van der Waals surface area contributed by atoms with E-state index in [0.29, 0.717) is 0 Å². The first-order chi connectivity index (χ1) is 2.00. The van der Waals surface area contributed by atoms with Gasteiger partial charge in [0.1, 0.15) is 0 Å². The molecule has 0 nitrogen and oxygen atoms in total. The topological polar surface area (TPSA) is 0 Å². The molecule has 0 aliphatic rings. The van der Waals surface area contributed by atoms with Crippen LogP contribution in [0.15, 0.2) is 0 Å². The first-order valence-corrected chi connectivity index (χ1v) is 2.27. The van der Waals surface area contributed by atoms with E-state index in [9.17, 15) is 0 Å². The van der Waals surface area contributed by atoms with Crippen molar-refractivity contribution in [1.29, 1.82) is 0 Å². The van der Waals surface area contributed by atoms with Crippen molar-refractivity contribution in [2.24, 2.45) is 0 Å². The van der Waals surface area contributed by atoms with Gasteiger partial charge in [0.25, 0.3) is 3.25 Å². The third-order valence-corrected chi connectivity index (χ3v) is 0. The standard InChI is InChI=1S/CCl4.3BrH/c2-1(3,4)5;;;/h;3*1H. The highest BCUT2D eigenvalue weighted by molar-refractivity contribution is 8.93. The third kappa shape index (κ3) is 73.5. The Bertz CT molecular complexity index is 26.8.